The molecule has 2 fully saturated rings. The van der Waals surface area contributed by atoms with Crippen molar-refractivity contribution >= 4 is 52.1 Å². The predicted octanol–water partition coefficient (Wildman–Crippen LogP) is 4.95. The van der Waals surface area contributed by atoms with Crippen LogP contribution in [0.4, 0.5) is 17.1 Å². The number of benzene rings is 3. The Kier molecular flexibility index (Phi) is 5.28. The molecule has 2 aliphatic heterocycles. The van der Waals surface area contributed by atoms with Crippen molar-refractivity contribution in [3.63, 3.8) is 0 Å². The van der Waals surface area contributed by atoms with Crippen LogP contribution in [0, 0.1) is 16.0 Å². The molecule has 2 heterocycles. The Hall–Kier alpha value is -3.46. The SMILES string of the molecule is O=C1[C@@H]2[C@H](ON(c3ccccc3)[C@@H]2c2ccc([N+](=O)[O-])cc2)C(=O)N1c1ccc(Cl)c(Cl)c1. The number of hydroxylamine groups is 1. The highest BCUT2D eigenvalue weighted by Crippen LogP contribution is 2.48. The van der Waals surface area contributed by atoms with E-state index >= 15 is 0 Å². The minimum Gasteiger partial charge on any atom is -0.273 e. The topological polar surface area (TPSA) is 93.0 Å². The Bertz CT molecular complexity index is 1270. The molecule has 5 rings (SSSR count). The maximum absolute atomic E-state index is 13.5. The highest BCUT2D eigenvalue weighted by Gasteiger charge is 2.60. The van der Waals surface area contributed by atoms with Gasteiger partial charge in [-0.05, 0) is 35.9 Å². The van der Waals surface area contributed by atoms with Crippen molar-refractivity contribution in [1.82, 2.24) is 0 Å². The van der Waals surface area contributed by atoms with Crippen molar-refractivity contribution in [2.45, 2.75) is 12.1 Å². The smallest absolute Gasteiger partial charge is 0.269 e. The molecule has 10 heteroatoms. The van der Waals surface area contributed by atoms with Crippen LogP contribution in [0.2, 0.25) is 10.0 Å². The van der Waals surface area contributed by atoms with E-state index in [-0.39, 0.29) is 10.7 Å². The lowest BCUT2D eigenvalue weighted by atomic mass is 9.90. The summed E-state index contributed by atoms with van der Waals surface area (Å²) >= 11 is 12.1. The summed E-state index contributed by atoms with van der Waals surface area (Å²) in [6.45, 7) is 0. The number of imide groups is 1. The number of amides is 2. The number of halogens is 2. The standard InChI is InChI=1S/C23H15Cl2N3O5/c24-17-11-10-16(12-18(17)25)26-22(29)19-20(13-6-8-15(9-7-13)28(31)32)27(33-21(19)23(26)30)14-4-2-1-3-5-14/h1-12,19-21H/t19-,20+,21-/m0/s1. The van der Waals surface area contributed by atoms with Gasteiger partial charge >= 0.3 is 0 Å². The fraction of sp³-hybridized carbons (Fsp3) is 0.130. The molecule has 2 aliphatic rings. The van der Waals surface area contributed by atoms with Crippen molar-refractivity contribution in [2.75, 3.05) is 9.96 Å². The second kappa shape index (κ2) is 8.15. The summed E-state index contributed by atoms with van der Waals surface area (Å²) in [5.74, 6) is -1.84. The number of anilines is 2. The molecular weight excluding hydrogens is 469 g/mol. The summed E-state index contributed by atoms with van der Waals surface area (Å²) in [7, 11) is 0. The third-order valence-corrected chi connectivity index (χ3v) is 6.47. The zero-order chi connectivity index (χ0) is 23.3. The first-order valence-electron chi connectivity index (χ1n) is 9.95. The Morgan fingerprint density at radius 3 is 2.18 bits per heavy atom. The average Bonchev–Trinajstić information content (AvgIpc) is 3.32. The lowest BCUT2D eigenvalue weighted by molar-refractivity contribution is -0.384. The summed E-state index contributed by atoms with van der Waals surface area (Å²) in [5, 5.41) is 13.1. The van der Waals surface area contributed by atoms with Crippen LogP contribution in [0.15, 0.2) is 72.8 Å². The summed E-state index contributed by atoms with van der Waals surface area (Å²) < 4.78 is 0. The van der Waals surface area contributed by atoms with Gasteiger partial charge in [0.1, 0.15) is 5.92 Å². The maximum Gasteiger partial charge on any atom is 0.269 e. The number of fused-ring (bicyclic) bond motifs is 1. The van der Waals surface area contributed by atoms with E-state index in [2.05, 4.69) is 0 Å². The van der Waals surface area contributed by atoms with Gasteiger partial charge in [0.25, 0.3) is 11.6 Å². The molecular formula is C23H15Cl2N3O5. The molecule has 0 unspecified atom stereocenters. The number of carbonyl (C=O) groups excluding carboxylic acids is 2. The second-order valence-electron chi connectivity index (χ2n) is 7.62. The molecule has 0 spiro atoms. The minimum atomic E-state index is -1.06. The van der Waals surface area contributed by atoms with Gasteiger partial charge in [-0.25, -0.2) is 9.96 Å². The number of para-hydroxylation sites is 1. The molecule has 3 atom stereocenters. The summed E-state index contributed by atoms with van der Waals surface area (Å²) in [5.41, 5.74) is 1.48. The van der Waals surface area contributed by atoms with Gasteiger partial charge in [0.15, 0.2) is 6.10 Å². The summed E-state index contributed by atoms with van der Waals surface area (Å²) in [6.07, 6.45) is -1.06. The van der Waals surface area contributed by atoms with Crippen molar-refractivity contribution in [2.24, 2.45) is 5.92 Å². The number of nitro groups is 1. The van der Waals surface area contributed by atoms with Crippen LogP contribution in [-0.2, 0) is 14.4 Å². The average molecular weight is 484 g/mol. The van der Waals surface area contributed by atoms with Crippen LogP contribution >= 0.6 is 23.2 Å². The van der Waals surface area contributed by atoms with E-state index < -0.39 is 34.8 Å². The maximum atomic E-state index is 13.5. The van der Waals surface area contributed by atoms with E-state index in [1.54, 1.807) is 30.3 Å². The van der Waals surface area contributed by atoms with Crippen molar-refractivity contribution in [3.8, 4) is 0 Å². The van der Waals surface area contributed by atoms with E-state index in [1.807, 2.05) is 18.2 Å². The van der Waals surface area contributed by atoms with Crippen LogP contribution in [0.25, 0.3) is 0 Å². The first-order chi connectivity index (χ1) is 15.9. The van der Waals surface area contributed by atoms with Gasteiger partial charge in [0, 0.05) is 12.1 Å². The monoisotopic (exact) mass is 483 g/mol. The second-order valence-corrected chi connectivity index (χ2v) is 8.43. The molecule has 3 aromatic carbocycles. The Morgan fingerprint density at radius 1 is 0.848 bits per heavy atom. The molecule has 3 aromatic rings. The number of hydrogen-bond acceptors (Lipinski definition) is 6. The minimum absolute atomic E-state index is 0.0771. The third kappa shape index (κ3) is 3.52. The van der Waals surface area contributed by atoms with Crippen molar-refractivity contribution in [3.05, 3.63) is 98.5 Å². The van der Waals surface area contributed by atoms with E-state index in [0.29, 0.717) is 22.0 Å². The van der Waals surface area contributed by atoms with Crippen LogP contribution in [0.3, 0.4) is 0 Å². The number of non-ortho nitro benzene ring substituents is 1. The van der Waals surface area contributed by atoms with Gasteiger partial charge in [-0.1, -0.05) is 53.5 Å². The number of nitro benzene ring substituents is 1. The summed E-state index contributed by atoms with van der Waals surface area (Å²) in [4.78, 5) is 44.5. The predicted molar refractivity (Wildman–Crippen MR) is 122 cm³/mol. The number of nitrogens with zero attached hydrogens (tertiary/aromatic N) is 3. The Balaban J connectivity index is 1.58. The largest absolute Gasteiger partial charge is 0.273 e. The fourth-order valence-corrected chi connectivity index (χ4v) is 4.52. The molecule has 0 aromatic heterocycles. The fourth-order valence-electron chi connectivity index (χ4n) is 4.22. The highest BCUT2D eigenvalue weighted by molar-refractivity contribution is 6.42. The molecule has 2 saturated heterocycles. The number of carbonyl (C=O) groups is 2. The summed E-state index contributed by atoms with van der Waals surface area (Å²) in [6, 6.07) is 18.8. The van der Waals surface area contributed by atoms with Crippen LogP contribution in [0.1, 0.15) is 11.6 Å². The van der Waals surface area contributed by atoms with Crippen molar-refractivity contribution in [1.29, 1.82) is 0 Å². The molecule has 2 amide bonds. The molecule has 0 saturated carbocycles. The van der Waals surface area contributed by atoms with E-state index in [4.69, 9.17) is 28.0 Å². The molecule has 0 bridgehead atoms. The molecule has 0 N–H and O–H groups in total. The van der Waals surface area contributed by atoms with Gasteiger partial charge in [-0.15, -0.1) is 0 Å². The van der Waals surface area contributed by atoms with Gasteiger partial charge in [0.2, 0.25) is 5.91 Å². The molecule has 0 aliphatic carbocycles. The molecule has 0 radical (unpaired) electrons. The molecule has 33 heavy (non-hydrogen) atoms. The Morgan fingerprint density at radius 2 is 1.55 bits per heavy atom. The molecule has 166 valence electrons. The van der Waals surface area contributed by atoms with E-state index in [1.165, 1.54) is 29.3 Å². The van der Waals surface area contributed by atoms with Crippen LogP contribution in [-0.4, -0.2) is 22.8 Å². The zero-order valence-electron chi connectivity index (χ0n) is 16.8. The normalized spacial score (nSPS) is 22.1. The molecule has 8 nitrogen and oxygen atoms in total. The van der Waals surface area contributed by atoms with Crippen LogP contribution in [0.5, 0.6) is 0 Å². The third-order valence-electron chi connectivity index (χ3n) is 5.73. The lowest BCUT2D eigenvalue weighted by Gasteiger charge is -2.28. The van der Waals surface area contributed by atoms with E-state index in [0.717, 1.165) is 4.90 Å². The van der Waals surface area contributed by atoms with Gasteiger partial charge in [0.05, 0.1) is 32.4 Å². The number of rotatable bonds is 4. The quantitative estimate of drug-likeness (QED) is 0.296. The number of hydrogen-bond donors (Lipinski definition) is 0. The van der Waals surface area contributed by atoms with Crippen molar-refractivity contribution < 1.29 is 19.3 Å². The van der Waals surface area contributed by atoms with Gasteiger partial charge < -0.3 is 0 Å². The van der Waals surface area contributed by atoms with Gasteiger partial charge in [-0.3, -0.25) is 24.5 Å². The van der Waals surface area contributed by atoms with E-state index in [9.17, 15) is 19.7 Å². The van der Waals surface area contributed by atoms with Gasteiger partial charge in [-0.2, -0.15) is 0 Å². The van der Waals surface area contributed by atoms with Crippen LogP contribution < -0.4 is 9.96 Å². The highest BCUT2D eigenvalue weighted by atomic mass is 35.5. The first-order valence-corrected chi connectivity index (χ1v) is 10.7. The zero-order valence-corrected chi connectivity index (χ0v) is 18.3. The lowest BCUT2D eigenvalue weighted by Crippen LogP contribution is -2.37. The first kappa shape index (κ1) is 21.4. The Labute approximate surface area is 198 Å².